The molecule has 0 bridgehead atoms. The number of amides is 1. The molecule has 5 nitrogen and oxygen atoms in total. The third-order valence-electron chi connectivity index (χ3n) is 4.91. The van der Waals surface area contributed by atoms with E-state index < -0.39 is 19.9 Å². The Kier molecular flexibility index (Phi) is 3.45. The summed E-state index contributed by atoms with van der Waals surface area (Å²) in [5.41, 5.74) is 5.07. The van der Waals surface area contributed by atoms with Crippen LogP contribution in [0.1, 0.15) is 48.0 Å². The molecule has 0 atom stereocenters. The monoisotopic (exact) mass is 370 g/mol. The average Bonchev–Trinajstić information content (AvgIpc) is 3.00. The second-order valence-corrected chi connectivity index (χ2v) is 6.66. The second-order valence-electron chi connectivity index (χ2n) is 6.66. The lowest BCUT2D eigenvalue weighted by Crippen LogP contribution is -2.22. The lowest BCUT2D eigenvalue weighted by atomic mass is 10.0. The van der Waals surface area contributed by atoms with E-state index in [2.05, 4.69) is 10.3 Å². The molecule has 0 aliphatic heterocycles. The molecule has 0 spiro atoms. The summed E-state index contributed by atoms with van der Waals surface area (Å²) in [6, 6.07) is 9.00. The Bertz CT molecular complexity index is 1160. The fourth-order valence-electron chi connectivity index (χ4n) is 3.44. The van der Waals surface area contributed by atoms with Crippen molar-refractivity contribution in [3.8, 4) is 0 Å². The normalized spacial score (nSPS) is 15.3. The molecule has 0 fully saturated rings. The van der Waals surface area contributed by atoms with Gasteiger partial charge < -0.3 is 14.8 Å². The van der Waals surface area contributed by atoms with E-state index in [-0.39, 0.29) is 10.5 Å². The molecule has 3 aromatic rings. The number of hydrogen-bond acceptors (Lipinski definition) is 3. The highest BCUT2D eigenvalue weighted by Crippen LogP contribution is 2.28. The highest BCUT2D eigenvalue weighted by Gasteiger charge is 2.17. The van der Waals surface area contributed by atoms with Gasteiger partial charge in [-0.2, -0.15) is 0 Å². The van der Waals surface area contributed by atoms with E-state index in [1.165, 1.54) is 12.1 Å². The topological polar surface area (TPSA) is 50.2 Å². The Balaban J connectivity index is 2.15. The molecule has 0 aliphatic carbocycles. The number of rotatable bonds is 5. The average molecular weight is 371 g/mol. The smallest absolute Gasteiger partial charge is 0.253 e. The highest BCUT2D eigenvalue weighted by molar-refractivity contribution is 6.01. The minimum atomic E-state index is -3.12. The van der Waals surface area contributed by atoms with Crippen LogP contribution in [0, 0.1) is 20.8 Å². The Morgan fingerprint density at radius 1 is 1.22 bits per heavy atom. The Morgan fingerprint density at radius 2 is 1.93 bits per heavy atom. The fourth-order valence-corrected chi connectivity index (χ4v) is 3.44. The van der Waals surface area contributed by atoms with Crippen LogP contribution >= 0.6 is 0 Å². The van der Waals surface area contributed by atoms with Gasteiger partial charge in [-0.1, -0.05) is 18.2 Å². The number of fused-ring (bicyclic) bond motifs is 1. The fraction of sp³-hybridized carbons (Fsp3) is 0.364. The van der Waals surface area contributed by atoms with Gasteiger partial charge in [-0.25, -0.2) is 4.98 Å². The van der Waals surface area contributed by atoms with Crippen LogP contribution in [-0.4, -0.2) is 34.3 Å². The largest absolute Gasteiger partial charge is 0.379 e. The van der Waals surface area contributed by atoms with E-state index in [1.54, 1.807) is 0 Å². The second kappa shape index (κ2) is 7.43. The summed E-state index contributed by atoms with van der Waals surface area (Å²) in [5.74, 6) is -0.357. The van der Waals surface area contributed by atoms with Crippen molar-refractivity contribution in [2.45, 2.75) is 40.8 Å². The Morgan fingerprint density at radius 3 is 2.56 bits per heavy atom. The summed E-state index contributed by atoms with van der Waals surface area (Å²) >= 11 is 0. The third kappa shape index (κ3) is 3.54. The number of imidazole rings is 1. The number of nitrogens with zero attached hydrogens (tertiary/aromatic N) is 3. The van der Waals surface area contributed by atoms with Crippen LogP contribution in [0.3, 0.4) is 0 Å². The molecule has 0 unspecified atom stereocenters. The van der Waals surface area contributed by atoms with Crippen LogP contribution in [0.25, 0.3) is 11.0 Å². The molecule has 1 heterocycles. The van der Waals surface area contributed by atoms with Gasteiger partial charge in [0.1, 0.15) is 11.3 Å². The number of aryl methyl sites for hydroxylation is 4. The van der Waals surface area contributed by atoms with Crippen LogP contribution in [0.15, 0.2) is 30.3 Å². The van der Waals surface area contributed by atoms with Gasteiger partial charge in [-0.3, -0.25) is 4.79 Å². The van der Waals surface area contributed by atoms with E-state index in [9.17, 15) is 4.79 Å². The summed E-state index contributed by atoms with van der Waals surface area (Å²) < 4.78 is 47.6. The molecule has 5 heteroatoms. The zero-order valence-electron chi connectivity index (χ0n) is 22.1. The van der Waals surface area contributed by atoms with Crippen molar-refractivity contribution >= 4 is 22.6 Å². The van der Waals surface area contributed by atoms with Crippen LogP contribution in [-0.2, 0) is 13.1 Å². The summed E-state index contributed by atoms with van der Waals surface area (Å²) in [7, 11) is 0. The molecule has 142 valence electrons. The van der Waals surface area contributed by atoms with Crippen LogP contribution in [0.4, 0.5) is 5.69 Å². The lowest BCUT2D eigenvalue weighted by Gasteiger charge is -2.15. The maximum Gasteiger partial charge on any atom is 0.253 e. The standard InChI is InChI=1S/C22H28N4O/c1-7-26-16(4)24-21-19(11-17(12-20(21)26)22(27)25(5)6)23-13-18-14(2)9-8-10-15(18)3/h8-12,23H,7,13H2,1-6H3/i5D3,6D3. The number of nitrogens with one attached hydrogen (secondary N) is 1. The molecular formula is C22H28N4O. The Hall–Kier alpha value is -2.82. The quantitative estimate of drug-likeness (QED) is 0.729. The van der Waals surface area contributed by atoms with Gasteiger partial charge in [-0.15, -0.1) is 0 Å². The molecule has 1 aromatic heterocycles. The zero-order valence-corrected chi connectivity index (χ0v) is 16.1. The van der Waals surface area contributed by atoms with Crippen molar-refractivity contribution in [3.05, 3.63) is 58.4 Å². The number of anilines is 1. The van der Waals surface area contributed by atoms with Gasteiger partial charge in [0.25, 0.3) is 5.91 Å². The minimum Gasteiger partial charge on any atom is -0.379 e. The van der Waals surface area contributed by atoms with E-state index >= 15 is 0 Å². The van der Waals surface area contributed by atoms with Crippen molar-refractivity contribution in [3.63, 3.8) is 0 Å². The first kappa shape index (κ1) is 12.5. The number of carbonyl (C=O) groups excluding carboxylic acids is 1. The summed E-state index contributed by atoms with van der Waals surface area (Å²) in [5, 5.41) is 3.33. The van der Waals surface area contributed by atoms with Crippen molar-refractivity contribution in [1.29, 1.82) is 0 Å². The van der Waals surface area contributed by atoms with Crippen molar-refractivity contribution < 1.29 is 13.0 Å². The summed E-state index contributed by atoms with van der Waals surface area (Å²) in [6.07, 6.45) is 0. The van der Waals surface area contributed by atoms with Gasteiger partial charge in [0.15, 0.2) is 0 Å². The molecule has 0 saturated carbocycles. The molecule has 3 rings (SSSR count). The van der Waals surface area contributed by atoms with Crippen LogP contribution in [0.5, 0.6) is 0 Å². The summed E-state index contributed by atoms with van der Waals surface area (Å²) in [4.78, 5) is 17.8. The van der Waals surface area contributed by atoms with Crippen molar-refractivity contribution in [2.24, 2.45) is 0 Å². The predicted molar refractivity (Wildman–Crippen MR) is 111 cm³/mol. The summed E-state index contributed by atoms with van der Waals surface area (Å²) in [6.45, 7) is 2.61. The van der Waals surface area contributed by atoms with E-state index in [1.807, 2.05) is 50.5 Å². The van der Waals surface area contributed by atoms with E-state index in [0.29, 0.717) is 29.8 Å². The first-order valence-electron chi connectivity index (χ1n) is 11.9. The minimum absolute atomic E-state index is 0.0179. The van der Waals surface area contributed by atoms with E-state index in [0.717, 1.165) is 22.5 Å². The molecule has 0 radical (unpaired) electrons. The molecule has 0 saturated heterocycles. The first-order chi connectivity index (χ1) is 15.3. The number of benzene rings is 2. The van der Waals surface area contributed by atoms with Crippen molar-refractivity contribution in [1.82, 2.24) is 14.5 Å². The SMILES string of the molecule is [2H]C([2H])([2H])N(C(=O)c1cc(NCc2c(C)cccc2C)c2nc(C)n(CC)c2c1)C([2H])([2H])[2H]. The number of carbonyl (C=O) groups is 1. The van der Waals surface area contributed by atoms with E-state index in [4.69, 9.17) is 8.22 Å². The molecule has 1 N–H and O–H groups in total. The van der Waals surface area contributed by atoms with Gasteiger partial charge in [0.2, 0.25) is 0 Å². The Labute approximate surface area is 169 Å². The third-order valence-corrected chi connectivity index (χ3v) is 4.91. The van der Waals surface area contributed by atoms with Gasteiger partial charge in [0, 0.05) is 40.8 Å². The molecule has 0 aliphatic rings. The molecular weight excluding hydrogens is 336 g/mol. The number of hydrogen-bond donors (Lipinski definition) is 1. The van der Waals surface area contributed by atoms with Crippen LogP contribution in [0.2, 0.25) is 0 Å². The predicted octanol–water partition coefficient (Wildman–Crippen LogP) is 4.30. The molecule has 27 heavy (non-hydrogen) atoms. The van der Waals surface area contributed by atoms with Gasteiger partial charge in [-0.05, 0) is 56.5 Å². The van der Waals surface area contributed by atoms with Crippen molar-refractivity contribution in [2.75, 3.05) is 19.3 Å². The lowest BCUT2D eigenvalue weighted by molar-refractivity contribution is 0.0828. The van der Waals surface area contributed by atoms with Crippen LogP contribution < -0.4 is 5.32 Å². The maximum absolute atomic E-state index is 13.2. The molecule has 2 aromatic carbocycles. The van der Waals surface area contributed by atoms with Gasteiger partial charge in [0.05, 0.1) is 11.2 Å². The zero-order chi connectivity index (χ0) is 24.7. The first-order valence-corrected chi connectivity index (χ1v) is 8.90. The number of aromatic nitrogens is 2. The highest BCUT2D eigenvalue weighted by atomic mass is 16.2. The molecule has 1 amide bonds. The maximum atomic E-state index is 13.2. The van der Waals surface area contributed by atoms with Gasteiger partial charge >= 0.3 is 0 Å².